The van der Waals surface area contributed by atoms with E-state index in [2.05, 4.69) is 10.3 Å². The summed E-state index contributed by atoms with van der Waals surface area (Å²) in [6, 6.07) is 7.42. The lowest BCUT2D eigenvalue weighted by Gasteiger charge is -2.05. The first kappa shape index (κ1) is 14.0. The maximum Gasteiger partial charge on any atom is 0.230 e. The summed E-state index contributed by atoms with van der Waals surface area (Å²) in [5, 5.41) is 4.39. The molecule has 1 aromatic carbocycles. The van der Waals surface area contributed by atoms with Gasteiger partial charge in [0.2, 0.25) is 5.91 Å². The van der Waals surface area contributed by atoms with Gasteiger partial charge in [0, 0.05) is 31.0 Å². The maximum atomic E-state index is 11.7. The van der Waals surface area contributed by atoms with E-state index in [4.69, 9.17) is 11.6 Å². The second-order valence-electron chi connectivity index (χ2n) is 4.01. The Morgan fingerprint density at radius 3 is 2.79 bits per heavy atom. The first-order chi connectivity index (χ1) is 9.15. The molecular formula is C13H14ClN3OS. The van der Waals surface area contributed by atoms with Crippen LogP contribution in [0.15, 0.2) is 41.8 Å². The van der Waals surface area contributed by atoms with Crippen LogP contribution in [-0.4, -0.2) is 21.2 Å². The Morgan fingerprint density at radius 2 is 2.16 bits per heavy atom. The Bertz CT molecular complexity index is 553. The maximum absolute atomic E-state index is 11.7. The van der Waals surface area contributed by atoms with Crippen LogP contribution >= 0.6 is 23.4 Å². The van der Waals surface area contributed by atoms with Crippen molar-refractivity contribution in [2.75, 3.05) is 5.75 Å². The van der Waals surface area contributed by atoms with Crippen LogP contribution in [0, 0.1) is 0 Å². The highest BCUT2D eigenvalue weighted by Crippen LogP contribution is 2.14. The molecule has 1 heterocycles. The molecule has 19 heavy (non-hydrogen) atoms. The summed E-state index contributed by atoms with van der Waals surface area (Å²) in [5.74, 6) is 0.348. The smallest absolute Gasteiger partial charge is 0.230 e. The molecule has 0 atom stereocenters. The fourth-order valence-corrected chi connectivity index (χ4v) is 2.36. The summed E-state index contributed by atoms with van der Waals surface area (Å²) in [6.07, 6.45) is 3.57. The van der Waals surface area contributed by atoms with Crippen molar-refractivity contribution in [1.29, 1.82) is 0 Å². The van der Waals surface area contributed by atoms with Gasteiger partial charge in [0.15, 0.2) is 5.16 Å². The van der Waals surface area contributed by atoms with E-state index in [0.29, 0.717) is 17.3 Å². The first-order valence-electron chi connectivity index (χ1n) is 5.76. The zero-order valence-corrected chi connectivity index (χ0v) is 12.0. The number of nitrogens with zero attached hydrogens (tertiary/aromatic N) is 2. The Kier molecular flexibility index (Phi) is 4.87. The number of benzene rings is 1. The van der Waals surface area contributed by atoms with Crippen LogP contribution in [-0.2, 0) is 18.4 Å². The molecule has 0 bridgehead atoms. The molecule has 1 N–H and O–H groups in total. The molecule has 4 nitrogen and oxygen atoms in total. The molecule has 0 aliphatic heterocycles. The molecule has 1 amide bonds. The summed E-state index contributed by atoms with van der Waals surface area (Å²) in [6.45, 7) is 0.511. The molecular weight excluding hydrogens is 282 g/mol. The van der Waals surface area contributed by atoms with Crippen molar-refractivity contribution < 1.29 is 4.79 Å². The number of aryl methyl sites for hydroxylation is 1. The Hall–Kier alpha value is -1.46. The molecule has 0 spiro atoms. The van der Waals surface area contributed by atoms with Gasteiger partial charge in [-0.25, -0.2) is 4.98 Å². The van der Waals surface area contributed by atoms with Gasteiger partial charge < -0.3 is 9.88 Å². The number of rotatable bonds is 5. The summed E-state index contributed by atoms with van der Waals surface area (Å²) in [5.41, 5.74) is 1.03. The quantitative estimate of drug-likeness (QED) is 0.862. The zero-order valence-electron chi connectivity index (χ0n) is 10.5. The Morgan fingerprint density at radius 1 is 1.42 bits per heavy atom. The van der Waals surface area contributed by atoms with Crippen LogP contribution in [0.4, 0.5) is 0 Å². The van der Waals surface area contributed by atoms with E-state index in [-0.39, 0.29) is 5.91 Å². The standard InChI is InChI=1S/C13H14ClN3OS/c1-17-7-6-15-13(17)19-9-12(18)16-8-10-2-4-11(14)5-3-10/h2-7H,8-9H2,1H3,(H,16,18). The topological polar surface area (TPSA) is 46.9 Å². The molecule has 1 aromatic heterocycles. The number of hydrogen-bond donors (Lipinski definition) is 1. The zero-order chi connectivity index (χ0) is 13.7. The average Bonchev–Trinajstić information content (AvgIpc) is 2.81. The Labute approximate surface area is 121 Å². The van der Waals surface area contributed by atoms with Crippen molar-refractivity contribution in [1.82, 2.24) is 14.9 Å². The summed E-state index contributed by atoms with van der Waals surface area (Å²) in [4.78, 5) is 15.8. The summed E-state index contributed by atoms with van der Waals surface area (Å²) in [7, 11) is 1.90. The van der Waals surface area contributed by atoms with E-state index in [1.54, 1.807) is 6.20 Å². The highest BCUT2D eigenvalue weighted by atomic mass is 35.5. The summed E-state index contributed by atoms with van der Waals surface area (Å²) < 4.78 is 1.89. The monoisotopic (exact) mass is 295 g/mol. The van der Waals surface area contributed by atoms with Crippen LogP contribution < -0.4 is 5.32 Å². The molecule has 2 rings (SSSR count). The minimum absolute atomic E-state index is 0.0112. The lowest BCUT2D eigenvalue weighted by molar-refractivity contribution is -0.118. The number of halogens is 1. The highest BCUT2D eigenvalue weighted by Gasteiger charge is 2.05. The number of carbonyl (C=O) groups is 1. The average molecular weight is 296 g/mol. The van der Waals surface area contributed by atoms with E-state index in [0.717, 1.165) is 10.7 Å². The SMILES string of the molecule is Cn1ccnc1SCC(=O)NCc1ccc(Cl)cc1. The number of hydrogen-bond acceptors (Lipinski definition) is 3. The van der Waals surface area contributed by atoms with Crippen LogP contribution in [0.25, 0.3) is 0 Å². The molecule has 0 saturated heterocycles. The number of nitrogens with one attached hydrogen (secondary N) is 1. The van der Waals surface area contributed by atoms with Crippen LogP contribution in [0.1, 0.15) is 5.56 Å². The molecule has 6 heteroatoms. The van der Waals surface area contributed by atoms with Crippen molar-refractivity contribution in [3.8, 4) is 0 Å². The number of aromatic nitrogens is 2. The van der Waals surface area contributed by atoms with Crippen molar-refractivity contribution in [2.24, 2.45) is 7.05 Å². The first-order valence-corrected chi connectivity index (χ1v) is 7.13. The molecule has 0 fully saturated rings. The van der Waals surface area contributed by atoms with E-state index >= 15 is 0 Å². The number of carbonyl (C=O) groups excluding carboxylic acids is 1. The molecule has 100 valence electrons. The Balaban J connectivity index is 1.76. The fourth-order valence-electron chi connectivity index (χ4n) is 1.48. The largest absolute Gasteiger partial charge is 0.351 e. The normalized spacial score (nSPS) is 10.4. The predicted molar refractivity (Wildman–Crippen MR) is 77.2 cm³/mol. The molecule has 0 aliphatic carbocycles. The van der Waals surface area contributed by atoms with Crippen LogP contribution in [0.3, 0.4) is 0 Å². The van der Waals surface area contributed by atoms with Crippen molar-refractivity contribution in [3.63, 3.8) is 0 Å². The minimum Gasteiger partial charge on any atom is -0.351 e. The van der Waals surface area contributed by atoms with E-state index in [9.17, 15) is 4.79 Å². The van der Waals surface area contributed by atoms with Crippen LogP contribution in [0.2, 0.25) is 5.02 Å². The van der Waals surface area contributed by atoms with Gasteiger partial charge in [0.1, 0.15) is 0 Å². The second-order valence-corrected chi connectivity index (χ2v) is 5.39. The van der Waals surface area contributed by atoms with Gasteiger partial charge >= 0.3 is 0 Å². The molecule has 2 aromatic rings. The van der Waals surface area contributed by atoms with Gasteiger partial charge in [-0.1, -0.05) is 35.5 Å². The summed E-state index contributed by atoms with van der Waals surface area (Å²) >= 11 is 7.21. The lowest BCUT2D eigenvalue weighted by atomic mass is 10.2. The predicted octanol–water partition coefficient (Wildman–Crippen LogP) is 2.48. The number of amides is 1. The van der Waals surface area contributed by atoms with E-state index < -0.39 is 0 Å². The fraction of sp³-hybridized carbons (Fsp3) is 0.231. The van der Waals surface area contributed by atoms with Gasteiger partial charge in [-0.2, -0.15) is 0 Å². The van der Waals surface area contributed by atoms with Gasteiger partial charge in [-0.15, -0.1) is 0 Å². The molecule has 0 saturated carbocycles. The molecule has 0 aliphatic rings. The van der Waals surface area contributed by atoms with Gasteiger partial charge in [0.05, 0.1) is 5.75 Å². The van der Waals surface area contributed by atoms with Gasteiger partial charge in [-0.05, 0) is 17.7 Å². The molecule has 0 radical (unpaired) electrons. The van der Waals surface area contributed by atoms with Gasteiger partial charge in [0.25, 0.3) is 0 Å². The third kappa shape index (κ3) is 4.29. The molecule has 0 unspecified atom stereocenters. The van der Waals surface area contributed by atoms with Crippen LogP contribution in [0.5, 0.6) is 0 Å². The van der Waals surface area contributed by atoms with Gasteiger partial charge in [-0.3, -0.25) is 4.79 Å². The number of imidazole rings is 1. The van der Waals surface area contributed by atoms with E-state index in [1.165, 1.54) is 11.8 Å². The number of thioether (sulfide) groups is 1. The van der Waals surface area contributed by atoms with E-state index in [1.807, 2.05) is 42.1 Å². The third-order valence-electron chi connectivity index (χ3n) is 2.51. The van der Waals surface area contributed by atoms with Crippen molar-refractivity contribution in [3.05, 3.63) is 47.2 Å². The van der Waals surface area contributed by atoms with Crippen molar-refractivity contribution in [2.45, 2.75) is 11.7 Å². The highest BCUT2D eigenvalue weighted by molar-refractivity contribution is 7.99. The minimum atomic E-state index is -0.0112. The van der Waals surface area contributed by atoms with Crippen molar-refractivity contribution >= 4 is 29.3 Å². The third-order valence-corrected chi connectivity index (χ3v) is 3.82. The lowest BCUT2D eigenvalue weighted by Crippen LogP contribution is -2.24. The second kappa shape index (κ2) is 6.63.